The molecule has 0 bridgehead atoms. The molecule has 55 heavy (non-hydrogen) atoms. The number of nitrogens with zero attached hydrogens (tertiary/aromatic N) is 3. The van der Waals surface area contributed by atoms with Gasteiger partial charge in [-0.05, 0) is 72.9 Å². The molecule has 4 amide bonds. The maximum Gasteiger partial charge on any atom is 0.416 e. The number of aromatic nitrogens is 1. The number of morpholine rings is 1. The van der Waals surface area contributed by atoms with Gasteiger partial charge < -0.3 is 29.7 Å². The maximum absolute atomic E-state index is 14.9. The van der Waals surface area contributed by atoms with Crippen LogP contribution in [0.5, 0.6) is 0 Å². The normalized spacial score (nSPS) is 23.1. The second-order valence-corrected chi connectivity index (χ2v) is 16.1. The molecule has 7 rings (SSSR count). The molecule has 0 unspecified atom stereocenters. The van der Waals surface area contributed by atoms with Gasteiger partial charge in [0.15, 0.2) is 0 Å². The van der Waals surface area contributed by atoms with E-state index in [2.05, 4.69) is 28.5 Å². The van der Waals surface area contributed by atoms with Crippen molar-refractivity contribution < 1.29 is 37.1 Å². The van der Waals surface area contributed by atoms with Gasteiger partial charge in [-0.3, -0.25) is 19.2 Å². The molecule has 13 heteroatoms. The molecule has 2 saturated heterocycles. The highest BCUT2D eigenvalue weighted by molar-refractivity contribution is 5.93. The molecule has 4 aliphatic rings. The van der Waals surface area contributed by atoms with Crippen molar-refractivity contribution in [2.45, 2.75) is 88.9 Å². The lowest BCUT2D eigenvalue weighted by atomic mass is 9.64. The molecule has 3 atom stereocenters. The van der Waals surface area contributed by atoms with Gasteiger partial charge in [-0.2, -0.15) is 13.2 Å². The molecule has 3 aliphatic heterocycles. The Hall–Kier alpha value is -4.39. The number of halogens is 3. The summed E-state index contributed by atoms with van der Waals surface area (Å²) in [6.07, 6.45) is 3.12. The Kier molecular flexibility index (Phi) is 11.3. The first-order chi connectivity index (χ1) is 26.3. The van der Waals surface area contributed by atoms with Crippen molar-refractivity contribution in [1.29, 1.82) is 0 Å². The number of fused-ring (bicyclic) bond motifs is 5. The predicted molar refractivity (Wildman–Crippen MR) is 201 cm³/mol. The van der Waals surface area contributed by atoms with E-state index in [1.54, 1.807) is 19.0 Å². The number of aryl methyl sites for hydroxylation is 1. The van der Waals surface area contributed by atoms with Crippen LogP contribution in [0.15, 0.2) is 42.5 Å². The fraction of sp³-hybridized carbons (Fsp3) is 0.571. The maximum atomic E-state index is 14.9. The summed E-state index contributed by atoms with van der Waals surface area (Å²) < 4.78 is 45.6. The third kappa shape index (κ3) is 7.99. The molecule has 0 spiro atoms. The second-order valence-electron chi connectivity index (χ2n) is 16.1. The fourth-order valence-corrected chi connectivity index (χ4v) is 9.58. The minimum absolute atomic E-state index is 0.0454. The predicted octanol–water partition coefficient (Wildman–Crippen LogP) is 5.96. The van der Waals surface area contributed by atoms with Gasteiger partial charge in [0, 0.05) is 75.6 Å². The van der Waals surface area contributed by atoms with Gasteiger partial charge in [0.25, 0.3) is 0 Å². The van der Waals surface area contributed by atoms with Crippen molar-refractivity contribution >= 4 is 34.5 Å². The van der Waals surface area contributed by atoms with Crippen molar-refractivity contribution in [1.82, 2.24) is 25.0 Å². The van der Waals surface area contributed by atoms with E-state index in [9.17, 15) is 32.3 Å². The number of hydrogen-bond acceptors (Lipinski definition) is 5. The van der Waals surface area contributed by atoms with Gasteiger partial charge in [0.05, 0.1) is 30.2 Å². The number of aromatic amines is 1. The van der Waals surface area contributed by atoms with Crippen LogP contribution in [0.25, 0.3) is 10.9 Å². The van der Waals surface area contributed by atoms with E-state index >= 15 is 0 Å². The fourth-order valence-electron chi connectivity index (χ4n) is 9.58. The Morgan fingerprint density at radius 2 is 1.78 bits per heavy atom. The number of rotatable bonds is 11. The molecule has 4 heterocycles. The zero-order valence-electron chi connectivity index (χ0n) is 31.8. The monoisotopic (exact) mass is 763 g/mol. The third-order valence-electron chi connectivity index (χ3n) is 12.5. The largest absolute Gasteiger partial charge is 0.416 e. The van der Waals surface area contributed by atoms with E-state index in [4.69, 9.17) is 4.74 Å². The Labute approximate surface area is 320 Å². The van der Waals surface area contributed by atoms with E-state index in [1.165, 1.54) is 25.0 Å². The number of alkyl halides is 3. The highest BCUT2D eigenvalue weighted by atomic mass is 19.4. The van der Waals surface area contributed by atoms with Crippen LogP contribution in [-0.4, -0.2) is 90.3 Å². The van der Waals surface area contributed by atoms with Gasteiger partial charge in [-0.1, -0.05) is 49.9 Å². The molecule has 3 aromatic rings. The molecule has 10 nitrogen and oxygen atoms in total. The van der Waals surface area contributed by atoms with E-state index < -0.39 is 35.0 Å². The first-order valence-corrected chi connectivity index (χ1v) is 19.8. The van der Waals surface area contributed by atoms with Crippen LogP contribution >= 0.6 is 0 Å². The van der Waals surface area contributed by atoms with Gasteiger partial charge in [0.1, 0.15) is 0 Å². The summed E-state index contributed by atoms with van der Waals surface area (Å²) in [4.78, 5) is 64.7. The summed E-state index contributed by atoms with van der Waals surface area (Å²) in [5, 5.41) is 3.79. The van der Waals surface area contributed by atoms with Gasteiger partial charge in [-0.15, -0.1) is 0 Å². The number of benzene rings is 2. The SMILES string of the molecule is CN(C)C(=O)CCc1ccc2c3c([nH]c2c1)[C@]1(CCC2CCCC2)[C@@H](C(=O)N2CCOCC2)C[C@H](CC(=O)NCc2cccc(C(F)(F)F)c2)C(=O)N1CC3. The van der Waals surface area contributed by atoms with E-state index in [0.29, 0.717) is 70.0 Å². The Bertz CT molecular complexity index is 1910. The first-order valence-electron chi connectivity index (χ1n) is 19.8. The highest BCUT2D eigenvalue weighted by Gasteiger charge is 2.59. The van der Waals surface area contributed by atoms with Crippen LogP contribution in [0.4, 0.5) is 13.2 Å². The minimum Gasteiger partial charge on any atom is -0.378 e. The molecule has 1 aromatic heterocycles. The number of H-pyrrole nitrogens is 1. The van der Waals surface area contributed by atoms with Crippen LogP contribution in [0.1, 0.15) is 85.7 Å². The van der Waals surface area contributed by atoms with E-state index in [0.717, 1.165) is 59.1 Å². The summed E-state index contributed by atoms with van der Waals surface area (Å²) in [6.45, 7) is 2.02. The van der Waals surface area contributed by atoms with Crippen molar-refractivity contribution in [2.75, 3.05) is 46.9 Å². The van der Waals surface area contributed by atoms with Crippen LogP contribution < -0.4 is 5.32 Å². The Morgan fingerprint density at radius 1 is 1.02 bits per heavy atom. The molecule has 2 N–H and O–H groups in total. The number of amides is 4. The molecule has 1 saturated carbocycles. The molecule has 296 valence electrons. The summed E-state index contributed by atoms with van der Waals surface area (Å²) in [5.74, 6) is -1.51. The van der Waals surface area contributed by atoms with Gasteiger partial charge in [0.2, 0.25) is 23.6 Å². The van der Waals surface area contributed by atoms with E-state index in [-0.39, 0.29) is 37.1 Å². The summed E-state index contributed by atoms with van der Waals surface area (Å²) in [7, 11) is 3.50. The number of piperidine rings is 1. The number of ether oxygens (including phenoxy) is 1. The van der Waals surface area contributed by atoms with Crippen LogP contribution in [-0.2, 0) is 55.0 Å². The Balaban J connectivity index is 1.23. The van der Waals surface area contributed by atoms with Crippen molar-refractivity contribution in [3.63, 3.8) is 0 Å². The quantitative estimate of drug-likeness (QED) is 0.250. The zero-order valence-corrected chi connectivity index (χ0v) is 31.8. The van der Waals surface area contributed by atoms with E-state index in [1.807, 2.05) is 9.80 Å². The lowest BCUT2D eigenvalue weighted by Crippen LogP contribution is -2.66. The van der Waals surface area contributed by atoms with Gasteiger partial charge in [-0.25, -0.2) is 0 Å². The topological polar surface area (TPSA) is 115 Å². The van der Waals surface area contributed by atoms with Crippen molar-refractivity contribution in [2.24, 2.45) is 17.8 Å². The summed E-state index contributed by atoms with van der Waals surface area (Å²) in [6, 6.07) is 11.1. The lowest BCUT2D eigenvalue weighted by Gasteiger charge is -2.56. The molecular formula is C42H52F3N5O5. The summed E-state index contributed by atoms with van der Waals surface area (Å²) >= 11 is 0. The summed E-state index contributed by atoms with van der Waals surface area (Å²) in [5.41, 5.74) is 2.52. The van der Waals surface area contributed by atoms with Crippen LogP contribution in [0.3, 0.4) is 0 Å². The van der Waals surface area contributed by atoms with Crippen LogP contribution in [0.2, 0.25) is 0 Å². The molecule has 0 radical (unpaired) electrons. The number of carbonyl (C=O) groups excluding carboxylic acids is 4. The first kappa shape index (κ1) is 38.9. The van der Waals surface area contributed by atoms with Crippen molar-refractivity contribution in [3.8, 4) is 0 Å². The number of carbonyl (C=O) groups is 4. The molecular weight excluding hydrogens is 711 g/mol. The zero-order chi connectivity index (χ0) is 38.9. The van der Waals surface area contributed by atoms with Gasteiger partial charge >= 0.3 is 6.18 Å². The highest BCUT2D eigenvalue weighted by Crippen LogP contribution is 2.54. The molecule has 3 fully saturated rings. The van der Waals surface area contributed by atoms with Crippen molar-refractivity contribution in [3.05, 3.63) is 70.4 Å². The Morgan fingerprint density at radius 3 is 2.51 bits per heavy atom. The standard InChI is InChI=1S/C42H52F3N5O5/c1-48(2)37(52)13-11-28-10-12-32-33-15-17-50-39(53)30(25-36(51)46-26-29-8-5-9-31(22-29)42(43,44)45)24-34(40(54)49-18-20-55-21-19-49)41(50,38(33)47-35(32)23-28)16-14-27-6-3-4-7-27/h5,8-10,12,22-23,27,30,34,47H,3-4,6-7,11,13-21,24-26H2,1-2H3,(H,46,51)/t30-,34-,41+/m1/s1. The third-order valence-corrected chi connectivity index (χ3v) is 12.5. The molecule has 1 aliphatic carbocycles. The number of nitrogens with one attached hydrogen (secondary N) is 2. The smallest absolute Gasteiger partial charge is 0.378 e. The minimum atomic E-state index is -4.51. The number of hydrogen-bond donors (Lipinski definition) is 2. The second kappa shape index (κ2) is 16.0. The van der Waals surface area contributed by atoms with Crippen LogP contribution in [0, 0.1) is 17.8 Å². The lowest BCUT2D eigenvalue weighted by molar-refractivity contribution is -0.169. The molecule has 2 aromatic carbocycles. The average Bonchev–Trinajstić information content (AvgIpc) is 3.84. The average molecular weight is 764 g/mol.